The molecule has 1 aromatic heterocycles. The number of aryl methyl sites for hydroxylation is 2. The number of halogens is 7. The monoisotopic (exact) mass is 510 g/mol. The van der Waals surface area contributed by atoms with Crippen molar-refractivity contribution >= 4 is 28.7 Å². The van der Waals surface area contributed by atoms with Crippen molar-refractivity contribution < 1.29 is 45.1 Å². The lowest BCUT2D eigenvalue weighted by molar-refractivity contribution is -0.346. The normalized spacial score (nSPS) is 15.5. The van der Waals surface area contributed by atoms with E-state index in [1.807, 2.05) is 13.8 Å². The number of esters is 1. The fraction of sp³-hybridized carbons (Fsp3) is 0.524. The summed E-state index contributed by atoms with van der Waals surface area (Å²) in [5, 5.41) is 0. The topological polar surface area (TPSA) is 75.6 Å². The Labute approximate surface area is 194 Å². The van der Waals surface area contributed by atoms with Gasteiger partial charge in [-0.05, 0) is 44.0 Å². The fourth-order valence-corrected chi connectivity index (χ4v) is 3.49. The second kappa shape index (κ2) is 9.11. The average Bonchev–Trinajstić information content (AvgIpc) is 2.78. The molecule has 1 aromatic carbocycles. The van der Waals surface area contributed by atoms with Crippen LogP contribution >= 0.6 is 0 Å². The van der Waals surface area contributed by atoms with E-state index >= 15 is 0 Å². The van der Waals surface area contributed by atoms with Gasteiger partial charge in [0.2, 0.25) is 0 Å². The second-order valence-corrected chi connectivity index (χ2v) is 7.97. The standard InChI is InChI=1S/C21H21F7N4O3/c1-4-35-17(33)15-16(30-14-10-12(3)11(2)9-13(14)29-15)31-5-7-32(8-6-31)18(34)19(22,23)20(24,25)21(26,27)28/h9-10H,4-8H2,1-3H3. The van der Waals surface area contributed by atoms with Crippen molar-refractivity contribution in [2.75, 3.05) is 37.7 Å². The highest BCUT2D eigenvalue weighted by Gasteiger charge is 2.76. The van der Waals surface area contributed by atoms with Crippen LogP contribution < -0.4 is 4.90 Å². The summed E-state index contributed by atoms with van der Waals surface area (Å²) in [6.45, 7) is 3.47. The van der Waals surface area contributed by atoms with Crippen LogP contribution in [0.4, 0.5) is 36.6 Å². The highest BCUT2D eigenvalue weighted by Crippen LogP contribution is 2.47. The van der Waals surface area contributed by atoms with Gasteiger partial charge >= 0.3 is 24.0 Å². The van der Waals surface area contributed by atoms with Crippen molar-refractivity contribution in [2.24, 2.45) is 0 Å². The molecule has 0 aliphatic carbocycles. The number of carbonyl (C=O) groups excluding carboxylic acids is 2. The van der Waals surface area contributed by atoms with Crippen LogP contribution in [0.5, 0.6) is 0 Å². The number of alkyl halides is 7. The third kappa shape index (κ3) is 4.69. The number of piperazine rings is 1. The van der Waals surface area contributed by atoms with Crippen LogP contribution in [0.3, 0.4) is 0 Å². The average molecular weight is 510 g/mol. The predicted molar refractivity (Wildman–Crippen MR) is 110 cm³/mol. The van der Waals surface area contributed by atoms with E-state index in [1.165, 1.54) is 4.90 Å². The molecular formula is C21H21F7N4O3. The maximum atomic E-state index is 13.8. The molecule has 1 fully saturated rings. The molecular weight excluding hydrogens is 489 g/mol. The SMILES string of the molecule is CCOC(=O)c1nc2cc(C)c(C)cc2nc1N1CCN(C(=O)C(F)(F)C(F)(F)C(F)(F)F)CC1. The number of benzene rings is 1. The van der Waals surface area contributed by atoms with Gasteiger partial charge in [0.05, 0.1) is 17.6 Å². The number of nitrogens with zero attached hydrogens (tertiary/aromatic N) is 4. The zero-order valence-electron chi connectivity index (χ0n) is 18.8. The Balaban J connectivity index is 1.89. The highest BCUT2D eigenvalue weighted by atomic mass is 19.4. The number of amides is 1. The molecule has 1 amide bonds. The van der Waals surface area contributed by atoms with E-state index in [2.05, 4.69) is 9.97 Å². The van der Waals surface area contributed by atoms with Crippen LogP contribution in [-0.4, -0.2) is 77.6 Å². The Kier molecular flexibility index (Phi) is 6.88. The third-order valence-corrected chi connectivity index (χ3v) is 5.62. The first kappa shape index (κ1) is 26.4. The minimum atomic E-state index is -6.61. The number of hydrogen-bond donors (Lipinski definition) is 0. The molecule has 2 aromatic rings. The largest absolute Gasteiger partial charge is 0.461 e. The van der Waals surface area contributed by atoms with Gasteiger partial charge in [0.1, 0.15) is 0 Å². The third-order valence-electron chi connectivity index (χ3n) is 5.62. The molecule has 0 saturated carbocycles. The van der Waals surface area contributed by atoms with Crippen LogP contribution in [0, 0.1) is 13.8 Å². The molecule has 0 unspecified atom stereocenters. The van der Waals surface area contributed by atoms with Crippen molar-refractivity contribution in [3.05, 3.63) is 29.0 Å². The van der Waals surface area contributed by atoms with E-state index in [-0.39, 0.29) is 36.1 Å². The summed E-state index contributed by atoms with van der Waals surface area (Å²) in [5.41, 5.74) is 2.38. The summed E-state index contributed by atoms with van der Waals surface area (Å²) in [6, 6.07) is 3.43. The zero-order valence-corrected chi connectivity index (χ0v) is 18.8. The summed E-state index contributed by atoms with van der Waals surface area (Å²) in [6.07, 6.45) is -6.61. The lowest BCUT2D eigenvalue weighted by Crippen LogP contribution is -2.62. The molecule has 2 heterocycles. The maximum absolute atomic E-state index is 13.8. The van der Waals surface area contributed by atoms with Gasteiger partial charge in [-0.2, -0.15) is 30.7 Å². The predicted octanol–water partition coefficient (Wildman–Crippen LogP) is 3.90. The zero-order chi connectivity index (χ0) is 26.3. The first-order chi connectivity index (χ1) is 16.1. The Morgan fingerprint density at radius 2 is 1.43 bits per heavy atom. The number of aromatic nitrogens is 2. The molecule has 7 nitrogen and oxygen atoms in total. The highest BCUT2D eigenvalue weighted by molar-refractivity contribution is 5.95. The van der Waals surface area contributed by atoms with E-state index in [1.54, 1.807) is 19.1 Å². The number of ether oxygens (including phenoxy) is 1. The summed E-state index contributed by atoms with van der Waals surface area (Å²) < 4.78 is 96.5. The molecule has 0 N–H and O–H groups in total. The van der Waals surface area contributed by atoms with E-state index < -0.39 is 43.0 Å². The van der Waals surface area contributed by atoms with Gasteiger partial charge in [-0.1, -0.05) is 0 Å². The quantitative estimate of drug-likeness (QED) is 0.449. The molecule has 192 valence electrons. The summed E-state index contributed by atoms with van der Waals surface area (Å²) in [5.74, 6) is -16.0. The fourth-order valence-electron chi connectivity index (χ4n) is 3.49. The Morgan fingerprint density at radius 1 is 0.914 bits per heavy atom. The second-order valence-electron chi connectivity index (χ2n) is 7.97. The van der Waals surface area contributed by atoms with Gasteiger partial charge < -0.3 is 14.5 Å². The lowest BCUT2D eigenvalue weighted by Gasteiger charge is -2.38. The molecule has 0 spiro atoms. The molecule has 0 radical (unpaired) electrons. The van der Waals surface area contributed by atoms with Gasteiger partial charge in [0.25, 0.3) is 5.91 Å². The molecule has 14 heteroatoms. The van der Waals surface area contributed by atoms with Crippen LogP contribution in [0.15, 0.2) is 12.1 Å². The minimum Gasteiger partial charge on any atom is -0.461 e. The van der Waals surface area contributed by atoms with Crippen LogP contribution in [0.1, 0.15) is 28.5 Å². The smallest absolute Gasteiger partial charge is 0.460 e. The van der Waals surface area contributed by atoms with E-state index in [0.29, 0.717) is 11.0 Å². The number of carbonyl (C=O) groups is 2. The molecule has 35 heavy (non-hydrogen) atoms. The molecule has 0 bridgehead atoms. The molecule has 3 rings (SSSR count). The number of rotatable bonds is 5. The van der Waals surface area contributed by atoms with Gasteiger partial charge in [0, 0.05) is 26.2 Å². The van der Waals surface area contributed by atoms with E-state index in [4.69, 9.17) is 4.74 Å². The lowest BCUT2D eigenvalue weighted by atomic mass is 10.1. The number of anilines is 1. The van der Waals surface area contributed by atoms with Gasteiger partial charge in [0.15, 0.2) is 11.5 Å². The van der Waals surface area contributed by atoms with Gasteiger partial charge in [-0.15, -0.1) is 0 Å². The summed E-state index contributed by atoms with van der Waals surface area (Å²) in [4.78, 5) is 34.8. The van der Waals surface area contributed by atoms with Crippen molar-refractivity contribution in [2.45, 2.75) is 38.8 Å². The Morgan fingerprint density at radius 3 is 1.91 bits per heavy atom. The number of hydrogen-bond acceptors (Lipinski definition) is 6. The maximum Gasteiger partial charge on any atom is 0.460 e. The van der Waals surface area contributed by atoms with Crippen LogP contribution in [-0.2, 0) is 9.53 Å². The Hall–Kier alpha value is -3.19. The first-order valence-electron chi connectivity index (χ1n) is 10.4. The summed E-state index contributed by atoms with van der Waals surface area (Å²) in [7, 11) is 0. The minimum absolute atomic E-state index is 0.0127. The van der Waals surface area contributed by atoms with Crippen molar-refractivity contribution in [3.63, 3.8) is 0 Å². The molecule has 0 atom stereocenters. The van der Waals surface area contributed by atoms with Crippen molar-refractivity contribution in [1.82, 2.24) is 14.9 Å². The van der Waals surface area contributed by atoms with Gasteiger partial charge in [-0.3, -0.25) is 4.79 Å². The van der Waals surface area contributed by atoms with Crippen molar-refractivity contribution in [1.29, 1.82) is 0 Å². The first-order valence-corrected chi connectivity index (χ1v) is 10.4. The number of fused-ring (bicyclic) bond motifs is 1. The molecule has 1 aliphatic heterocycles. The van der Waals surface area contributed by atoms with E-state index in [0.717, 1.165) is 11.1 Å². The van der Waals surface area contributed by atoms with E-state index in [9.17, 15) is 40.3 Å². The van der Waals surface area contributed by atoms with Crippen LogP contribution in [0.25, 0.3) is 11.0 Å². The van der Waals surface area contributed by atoms with Gasteiger partial charge in [-0.25, -0.2) is 14.8 Å². The van der Waals surface area contributed by atoms with Crippen LogP contribution in [0.2, 0.25) is 0 Å². The molecule has 1 saturated heterocycles. The molecule has 1 aliphatic rings. The Bertz CT molecular complexity index is 1150. The van der Waals surface area contributed by atoms with Crippen molar-refractivity contribution in [3.8, 4) is 0 Å². The summed E-state index contributed by atoms with van der Waals surface area (Å²) >= 11 is 0.